The summed E-state index contributed by atoms with van der Waals surface area (Å²) in [4.78, 5) is 24.3. The molecule has 0 saturated heterocycles. The van der Waals surface area contributed by atoms with E-state index in [1.165, 1.54) is 5.56 Å². The fraction of sp³-hybridized carbons (Fsp3) is 0.400. The minimum Gasteiger partial charge on any atom is -0.452 e. The molecule has 0 radical (unpaired) electrons. The number of benzene rings is 1. The van der Waals surface area contributed by atoms with Crippen molar-refractivity contribution in [2.45, 2.75) is 47.1 Å². The first-order valence-corrected chi connectivity index (χ1v) is 8.57. The molecule has 0 aliphatic carbocycles. The van der Waals surface area contributed by atoms with Gasteiger partial charge in [0.1, 0.15) is 0 Å². The zero-order chi connectivity index (χ0) is 18.6. The smallest absolute Gasteiger partial charge is 0.340 e. The van der Waals surface area contributed by atoms with Gasteiger partial charge in [0.25, 0.3) is 5.91 Å². The number of nitrogens with zero attached hydrogens (tertiary/aromatic N) is 1. The van der Waals surface area contributed by atoms with Gasteiger partial charge >= 0.3 is 5.97 Å². The van der Waals surface area contributed by atoms with Crippen molar-refractivity contribution < 1.29 is 14.3 Å². The lowest BCUT2D eigenvalue weighted by atomic mass is 10.1. The van der Waals surface area contributed by atoms with Crippen LogP contribution in [0.25, 0.3) is 0 Å². The van der Waals surface area contributed by atoms with Gasteiger partial charge in [0.2, 0.25) is 0 Å². The van der Waals surface area contributed by atoms with Crippen LogP contribution in [0.3, 0.4) is 0 Å². The maximum absolute atomic E-state index is 12.3. The van der Waals surface area contributed by atoms with E-state index in [4.69, 9.17) is 4.74 Å². The van der Waals surface area contributed by atoms with E-state index >= 15 is 0 Å². The molecular weight excluding hydrogens is 316 g/mol. The number of rotatable bonds is 6. The standard InChI is InChI=1S/C20H26N2O3/c1-6-16-7-9-17(10-8-16)21-19(23)12-25-20(24)18-11-14(4)22(13(2)3)15(18)5/h7-11,13H,6,12H2,1-5H3,(H,21,23). The van der Waals surface area contributed by atoms with Crippen LogP contribution in [0.4, 0.5) is 5.69 Å². The summed E-state index contributed by atoms with van der Waals surface area (Å²) in [5.74, 6) is -0.827. The van der Waals surface area contributed by atoms with Crippen molar-refractivity contribution in [3.63, 3.8) is 0 Å². The summed E-state index contributed by atoms with van der Waals surface area (Å²) in [5.41, 5.74) is 4.25. The third-order valence-electron chi connectivity index (χ3n) is 4.20. The molecule has 1 heterocycles. The van der Waals surface area contributed by atoms with Gasteiger partial charge < -0.3 is 14.6 Å². The molecule has 5 heteroatoms. The molecule has 1 amide bonds. The van der Waals surface area contributed by atoms with Crippen molar-refractivity contribution in [1.29, 1.82) is 0 Å². The van der Waals surface area contributed by atoms with Gasteiger partial charge in [0, 0.05) is 23.1 Å². The summed E-state index contributed by atoms with van der Waals surface area (Å²) in [6.07, 6.45) is 0.945. The van der Waals surface area contributed by atoms with Crippen LogP contribution in [-0.4, -0.2) is 23.1 Å². The zero-order valence-electron chi connectivity index (χ0n) is 15.6. The normalized spacial score (nSPS) is 10.8. The summed E-state index contributed by atoms with van der Waals surface area (Å²) >= 11 is 0. The van der Waals surface area contributed by atoms with Crippen molar-refractivity contribution in [2.24, 2.45) is 0 Å². The van der Waals surface area contributed by atoms with Crippen LogP contribution in [0.1, 0.15) is 54.1 Å². The number of anilines is 1. The number of hydrogen-bond acceptors (Lipinski definition) is 3. The lowest BCUT2D eigenvalue weighted by Crippen LogP contribution is -2.21. The number of nitrogens with one attached hydrogen (secondary N) is 1. The Hall–Kier alpha value is -2.56. The van der Waals surface area contributed by atoms with Crippen molar-refractivity contribution >= 4 is 17.6 Å². The highest BCUT2D eigenvalue weighted by Crippen LogP contribution is 2.20. The number of ether oxygens (including phenoxy) is 1. The number of amides is 1. The molecule has 1 N–H and O–H groups in total. The van der Waals surface area contributed by atoms with Crippen LogP contribution < -0.4 is 5.32 Å². The molecule has 0 aliphatic heterocycles. The van der Waals surface area contributed by atoms with Crippen molar-refractivity contribution in [1.82, 2.24) is 4.57 Å². The second-order valence-electron chi connectivity index (χ2n) is 6.42. The highest BCUT2D eigenvalue weighted by molar-refractivity contribution is 5.96. The number of hydrogen-bond donors (Lipinski definition) is 1. The van der Waals surface area contributed by atoms with Crippen LogP contribution in [-0.2, 0) is 16.0 Å². The van der Waals surface area contributed by atoms with E-state index in [1.54, 1.807) is 6.07 Å². The molecule has 2 aromatic rings. The lowest BCUT2D eigenvalue weighted by Gasteiger charge is -2.13. The molecular formula is C20H26N2O3. The number of carbonyl (C=O) groups excluding carboxylic acids is 2. The lowest BCUT2D eigenvalue weighted by molar-refractivity contribution is -0.119. The van der Waals surface area contributed by atoms with E-state index in [2.05, 4.69) is 30.7 Å². The van der Waals surface area contributed by atoms with Gasteiger partial charge in [-0.1, -0.05) is 19.1 Å². The molecule has 0 atom stereocenters. The minimum atomic E-state index is -0.475. The first-order chi connectivity index (χ1) is 11.8. The molecule has 0 spiro atoms. The Morgan fingerprint density at radius 2 is 1.80 bits per heavy atom. The molecule has 134 valence electrons. The fourth-order valence-corrected chi connectivity index (χ4v) is 3.01. The summed E-state index contributed by atoms with van der Waals surface area (Å²) in [7, 11) is 0. The highest BCUT2D eigenvalue weighted by atomic mass is 16.5. The Bertz CT molecular complexity index is 758. The van der Waals surface area contributed by atoms with E-state index in [9.17, 15) is 9.59 Å². The molecule has 1 aromatic carbocycles. The SMILES string of the molecule is CCc1ccc(NC(=O)COC(=O)c2cc(C)n(C(C)C)c2C)cc1. The second-order valence-corrected chi connectivity index (χ2v) is 6.42. The summed E-state index contributed by atoms with van der Waals surface area (Å²) in [6, 6.07) is 9.67. The maximum atomic E-state index is 12.3. The van der Waals surface area contributed by atoms with Crippen LogP contribution >= 0.6 is 0 Å². The molecule has 0 saturated carbocycles. The Kier molecular flexibility index (Phi) is 6.02. The van der Waals surface area contributed by atoms with E-state index < -0.39 is 5.97 Å². The predicted octanol–water partition coefficient (Wildman–Crippen LogP) is 4.04. The topological polar surface area (TPSA) is 60.3 Å². The van der Waals surface area contributed by atoms with E-state index in [1.807, 2.05) is 38.1 Å². The van der Waals surface area contributed by atoms with Crippen LogP contribution in [0.5, 0.6) is 0 Å². The highest BCUT2D eigenvalue weighted by Gasteiger charge is 2.19. The Morgan fingerprint density at radius 1 is 1.16 bits per heavy atom. The van der Waals surface area contributed by atoms with Crippen molar-refractivity contribution in [3.05, 3.63) is 52.8 Å². The average molecular weight is 342 g/mol. The molecule has 0 aliphatic rings. The monoisotopic (exact) mass is 342 g/mol. The van der Waals surface area contributed by atoms with Gasteiger partial charge in [0.15, 0.2) is 6.61 Å². The van der Waals surface area contributed by atoms with Crippen LogP contribution in [0.2, 0.25) is 0 Å². The summed E-state index contributed by atoms with van der Waals surface area (Å²) < 4.78 is 7.25. The molecule has 0 unspecified atom stereocenters. The minimum absolute atomic E-state index is 0.260. The van der Waals surface area contributed by atoms with Crippen molar-refractivity contribution in [2.75, 3.05) is 11.9 Å². The van der Waals surface area contributed by atoms with Crippen LogP contribution in [0, 0.1) is 13.8 Å². The summed E-state index contributed by atoms with van der Waals surface area (Å²) in [5, 5.41) is 2.73. The van der Waals surface area contributed by atoms with Gasteiger partial charge in [-0.25, -0.2) is 4.79 Å². The van der Waals surface area contributed by atoms with Gasteiger partial charge in [-0.15, -0.1) is 0 Å². The molecule has 5 nitrogen and oxygen atoms in total. The number of aryl methyl sites for hydroxylation is 2. The van der Waals surface area contributed by atoms with Gasteiger partial charge in [-0.3, -0.25) is 4.79 Å². The first-order valence-electron chi connectivity index (χ1n) is 8.57. The molecule has 25 heavy (non-hydrogen) atoms. The third-order valence-corrected chi connectivity index (χ3v) is 4.20. The molecule has 0 bridgehead atoms. The van der Waals surface area contributed by atoms with E-state index in [0.29, 0.717) is 11.3 Å². The van der Waals surface area contributed by atoms with Gasteiger partial charge in [-0.2, -0.15) is 0 Å². The first kappa shape index (κ1) is 18.8. The number of carbonyl (C=O) groups is 2. The summed E-state index contributed by atoms with van der Waals surface area (Å²) in [6.45, 7) is 9.73. The zero-order valence-corrected chi connectivity index (χ0v) is 15.6. The van der Waals surface area contributed by atoms with Gasteiger partial charge in [0.05, 0.1) is 5.56 Å². The predicted molar refractivity (Wildman–Crippen MR) is 99.0 cm³/mol. The largest absolute Gasteiger partial charge is 0.452 e. The van der Waals surface area contributed by atoms with Crippen LogP contribution in [0.15, 0.2) is 30.3 Å². The fourth-order valence-electron chi connectivity index (χ4n) is 3.01. The number of aromatic nitrogens is 1. The Balaban J connectivity index is 1.95. The van der Waals surface area contributed by atoms with Crippen molar-refractivity contribution in [3.8, 4) is 0 Å². The third kappa shape index (κ3) is 4.50. The molecule has 1 aromatic heterocycles. The maximum Gasteiger partial charge on any atom is 0.340 e. The van der Waals surface area contributed by atoms with E-state index in [0.717, 1.165) is 17.8 Å². The Labute approximate surface area is 149 Å². The molecule has 0 fully saturated rings. The average Bonchev–Trinajstić information content (AvgIpc) is 2.88. The van der Waals surface area contributed by atoms with E-state index in [-0.39, 0.29) is 18.6 Å². The number of esters is 1. The second kappa shape index (κ2) is 8.01. The molecule has 2 rings (SSSR count). The van der Waals surface area contributed by atoms with Gasteiger partial charge in [-0.05, 0) is 57.9 Å². The Morgan fingerprint density at radius 3 is 2.32 bits per heavy atom. The quantitative estimate of drug-likeness (QED) is 0.806.